The molecule has 0 saturated carbocycles. The number of imide groups is 1. The van der Waals surface area contributed by atoms with Gasteiger partial charge in [-0.2, -0.15) is 10.1 Å². The number of hydrazone groups is 1. The first-order chi connectivity index (χ1) is 12.1. The van der Waals surface area contributed by atoms with Crippen molar-refractivity contribution < 1.29 is 14.0 Å². The standard InChI is InChI=1S/C19H10BrFN2O2/c20-13-7-8-16(21)12(9-13)10-22-23-18(24)14-5-1-3-11-4-2-6-15(17(11)14)19(23)25/h1-10H/b22-10-. The summed E-state index contributed by atoms with van der Waals surface area (Å²) in [5.74, 6) is -1.55. The second kappa shape index (κ2) is 5.89. The number of halogens is 2. The van der Waals surface area contributed by atoms with Crippen LogP contribution < -0.4 is 0 Å². The highest BCUT2D eigenvalue weighted by molar-refractivity contribution is 9.10. The Hall–Kier alpha value is -2.86. The first-order valence-corrected chi connectivity index (χ1v) is 8.25. The molecular formula is C19H10BrFN2O2. The van der Waals surface area contributed by atoms with Crippen LogP contribution in [0.4, 0.5) is 4.39 Å². The molecule has 0 atom stereocenters. The minimum Gasteiger partial charge on any atom is -0.267 e. The number of benzene rings is 3. The summed E-state index contributed by atoms with van der Waals surface area (Å²) in [6.07, 6.45) is 1.17. The van der Waals surface area contributed by atoms with Gasteiger partial charge in [0.1, 0.15) is 5.82 Å². The SMILES string of the molecule is O=C1c2cccc3cccc(c23)C(=O)N1/N=C\c1cc(Br)ccc1F. The molecule has 0 bridgehead atoms. The smallest absolute Gasteiger partial charge is 0.267 e. The van der Waals surface area contributed by atoms with E-state index in [-0.39, 0.29) is 5.56 Å². The van der Waals surface area contributed by atoms with E-state index in [1.165, 1.54) is 18.3 Å². The summed E-state index contributed by atoms with van der Waals surface area (Å²) < 4.78 is 14.5. The summed E-state index contributed by atoms with van der Waals surface area (Å²) >= 11 is 3.25. The molecule has 1 aliphatic heterocycles. The Kier molecular flexibility index (Phi) is 3.69. The van der Waals surface area contributed by atoms with E-state index >= 15 is 0 Å². The minimum atomic E-state index is -0.527. The monoisotopic (exact) mass is 396 g/mol. The largest absolute Gasteiger partial charge is 0.282 e. The molecule has 3 aromatic carbocycles. The van der Waals surface area contributed by atoms with Crippen LogP contribution in [0, 0.1) is 5.82 Å². The van der Waals surface area contributed by atoms with Crippen LogP contribution in [-0.4, -0.2) is 23.0 Å². The van der Waals surface area contributed by atoms with Gasteiger partial charge in [-0.15, -0.1) is 0 Å². The zero-order valence-electron chi connectivity index (χ0n) is 12.7. The predicted molar refractivity (Wildman–Crippen MR) is 96.1 cm³/mol. The molecule has 3 aromatic rings. The average molecular weight is 397 g/mol. The van der Waals surface area contributed by atoms with E-state index < -0.39 is 17.6 Å². The molecule has 0 radical (unpaired) electrons. The quantitative estimate of drug-likeness (QED) is 0.476. The molecule has 0 spiro atoms. The van der Waals surface area contributed by atoms with Crippen LogP contribution >= 0.6 is 15.9 Å². The highest BCUT2D eigenvalue weighted by Gasteiger charge is 2.32. The van der Waals surface area contributed by atoms with Crippen LogP contribution in [0.1, 0.15) is 26.3 Å². The number of carbonyl (C=O) groups excluding carboxylic acids is 2. The Labute approximate surface area is 150 Å². The van der Waals surface area contributed by atoms with Crippen molar-refractivity contribution in [1.82, 2.24) is 5.01 Å². The lowest BCUT2D eigenvalue weighted by atomic mass is 9.95. The Balaban J connectivity index is 1.80. The fourth-order valence-electron chi connectivity index (χ4n) is 2.86. The third kappa shape index (κ3) is 2.55. The third-order valence-electron chi connectivity index (χ3n) is 4.02. The maximum absolute atomic E-state index is 13.8. The van der Waals surface area contributed by atoms with Crippen molar-refractivity contribution in [2.24, 2.45) is 5.10 Å². The number of hydrogen-bond donors (Lipinski definition) is 0. The second-order valence-electron chi connectivity index (χ2n) is 5.54. The van der Waals surface area contributed by atoms with Gasteiger partial charge in [-0.25, -0.2) is 4.39 Å². The van der Waals surface area contributed by atoms with Crippen molar-refractivity contribution >= 4 is 44.7 Å². The molecule has 25 heavy (non-hydrogen) atoms. The highest BCUT2D eigenvalue weighted by atomic mass is 79.9. The average Bonchev–Trinajstić information content (AvgIpc) is 2.62. The molecule has 0 aliphatic carbocycles. The van der Waals surface area contributed by atoms with E-state index in [9.17, 15) is 14.0 Å². The third-order valence-corrected chi connectivity index (χ3v) is 4.51. The molecule has 1 heterocycles. The van der Waals surface area contributed by atoms with Gasteiger partial charge in [0.25, 0.3) is 11.8 Å². The molecule has 4 nitrogen and oxygen atoms in total. The maximum Gasteiger partial charge on any atom is 0.282 e. The van der Waals surface area contributed by atoms with Gasteiger partial charge in [0, 0.05) is 15.4 Å². The summed E-state index contributed by atoms with van der Waals surface area (Å²) in [5.41, 5.74) is 0.978. The summed E-state index contributed by atoms with van der Waals surface area (Å²) in [4.78, 5) is 25.4. The van der Waals surface area contributed by atoms with Crippen LogP contribution in [-0.2, 0) is 0 Å². The fourth-order valence-corrected chi connectivity index (χ4v) is 3.23. The summed E-state index contributed by atoms with van der Waals surface area (Å²) in [5, 5.41) is 6.17. The molecule has 0 aromatic heterocycles. The number of nitrogens with zero attached hydrogens (tertiary/aromatic N) is 2. The molecule has 4 rings (SSSR count). The normalized spacial score (nSPS) is 13.9. The van der Waals surface area contributed by atoms with Crippen molar-refractivity contribution in [2.45, 2.75) is 0 Å². The van der Waals surface area contributed by atoms with E-state index in [4.69, 9.17) is 0 Å². The van der Waals surface area contributed by atoms with Gasteiger partial charge in [-0.05, 0) is 35.7 Å². The van der Waals surface area contributed by atoms with Crippen LogP contribution in [0.5, 0.6) is 0 Å². The highest BCUT2D eigenvalue weighted by Crippen LogP contribution is 2.30. The van der Waals surface area contributed by atoms with Crippen LogP contribution in [0.15, 0.2) is 64.2 Å². The lowest BCUT2D eigenvalue weighted by Gasteiger charge is -2.23. The molecule has 0 saturated heterocycles. The maximum atomic E-state index is 13.8. The molecule has 1 aliphatic rings. The van der Waals surface area contributed by atoms with Gasteiger partial charge in [0.15, 0.2) is 0 Å². The van der Waals surface area contributed by atoms with Gasteiger partial charge in [-0.3, -0.25) is 9.59 Å². The van der Waals surface area contributed by atoms with Gasteiger partial charge >= 0.3 is 0 Å². The van der Waals surface area contributed by atoms with Gasteiger partial charge in [-0.1, -0.05) is 40.2 Å². The van der Waals surface area contributed by atoms with E-state index in [1.54, 1.807) is 30.3 Å². The van der Waals surface area contributed by atoms with Crippen molar-refractivity contribution in [3.05, 3.63) is 81.6 Å². The predicted octanol–water partition coefficient (Wildman–Crippen LogP) is 4.37. The van der Waals surface area contributed by atoms with Gasteiger partial charge in [0.05, 0.1) is 17.3 Å². The van der Waals surface area contributed by atoms with Crippen molar-refractivity contribution in [2.75, 3.05) is 0 Å². The van der Waals surface area contributed by atoms with Crippen molar-refractivity contribution in [3.8, 4) is 0 Å². The molecule has 6 heteroatoms. The molecular weight excluding hydrogens is 387 g/mol. The first kappa shape index (κ1) is 15.7. The molecule has 0 unspecified atom stereocenters. The number of hydrogen-bond acceptors (Lipinski definition) is 3. The molecule has 0 fully saturated rings. The van der Waals surface area contributed by atoms with E-state index in [0.29, 0.717) is 21.0 Å². The Morgan fingerprint density at radius 3 is 2.24 bits per heavy atom. The van der Waals surface area contributed by atoms with E-state index in [2.05, 4.69) is 21.0 Å². The van der Waals surface area contributed by atoms with Crippen molar-refractivity contribution in [3.63, 3.8) is 0 Å². The van der Waals surface area contributed by atoms with Crippen LogP contribution in [0.2, 0.25) is 0 Å². The topological polar surface area (TPSA) is 49.7 Å². The van der Waals surface area contributed by atoms with Crippen molar-refractivity contribution in [1.29, 1.82) is 0 Å². The van der Waals surface area contributed by atoms with Crippen LogP contribution in [0.3, 0.4) is 0 Å². The summed E-state index contributed by atoms with van der Waals surface area (Å²) in [6.45, 7) is 0. The molecule has 122 valence electrons. The number of carbonyl (C=O) groups is 2. The molecule has 0 N–H and O–H groups in total. The Bertz CT molecular complexity index is 1030. The zero-order valence-corrected chi connectivity index (χ0v) is 14.3. The van der Waals surface area contributed by atoms with Gasteiger partial charge < -0.3 is 0 Å². The summed E-state index contributed by atoms with van der Waals surface area (Å²) in [7, 11) is 0. The summed E-state index contributed by atoms with van der Waals surface area (Å²) in [6, 6.07) is 14.9. The van der Waals surface area contributed by atoms with Gasteiger partial charge in [0.2, 0.25) is 0 Å². The lowest BCUT2D eigenvalue weighted by Crippen LogP contribution is -2.36. The number of amides is 2. The Morgan fingerprint density at radius 1 is 0.960 bits per heavy atom. The number of rotatable bonds is 2. The lowest BCUT2D eigenvalue weighted by molar-refractivity contribution is 0.0616. The molecule has 2 amide bonds. The zero-order chi connectivity index (χ0) is 17.6. The second-order valence-corrected chi connectivity index (χ2v) is 6.46. The van der Waals surface area contributed by atoms with Crippen LogP contribution in [0.25, 0.3) is 10.8 Å². The van der Waals surface area contributed by atoms with E-state index in [1.807, 2.05) is 12.1 Å². The Morgan fingerprint density at radius 2 is 1.60 bits per heavy atom. The minimum absolute atomic E-state index is 0.173. The first-order valence-electron chi connectivity index (χ1n) is 7.46. The fraction of sp³-hybridized carbons (Fsp3) is 0. The van der Waals surface area contributed by atoms with E-state index in [0.717, 1.165) is 10.4 Å².